The lowest BCUT2D eigenvalue weighted by molar-refractivity contribution is 0.292. The molecule has 0 aliphatic rings. The maximum Gasteiger partial charge on any atom is 0.174 e. The number of nitrogens with one attached hydrogen (secondary N) is 1. The van der Waals surface area contributed by atoms with Crippen molar-refractivity contribution in [2.24, 2.45) is 0 Å². The zero-order valence-corrected chi connectivity index (χ0v) is 11.0. The van der Waals surface area contributed by atoms with Gasteiger partial charge in [0.05, 0.1) is 6.61 Å². The molecule has 0 aliphatic carbocycles. The molecule has 0 fully saturated rings. The number of ether oxygens (including phenoxy) is 1. The number of thiophene rings is 1. The Hall–Kier alpha value is -1.36. The van der Waals surface area contributed by atoms with Crippen LogP contribution >= 0.6 is 11.3 Å². The molecule has 2 N–H and O–H groups in total. The lowest BCUT2D eigenvalue weighted by Crippen LogP contribution is -2.16. The van der Waals surface area contributed by atoms with Gasteiger partial charge in [-0.1, -0.05) is 30.3 Å². The molecule has 1 aromatic heterocycles. The van der Waals surface area contributed by atoms with Crippen LogP contribution in [0.3, 0.4) is 0 Å². The number of aliphatic hydroxyl groups is 1. The predicted octanol–water partition coefficient (Wildman–Crippen LogP) is 2.41. The highest BCUT2D eigenvalue weighted by Crippen LogP contribution is 2.25. The number of hydrogen-bond acceptors (Lipinski definition) is 4. The van der Waals surface area contributed by atoms with E-state index in [0.717, 1.165) is 11.6 Å². The quantitative estimate of drug-likeness (QED) is 0.754. The highest BCUT2D eigenvalue weighted by molar-refractivity contribution is 7.13. The van der Waals surface area contributed by atoms with Crippen LogP contribution in [0.15, 0.2) is 42.5 Å². The highest BCUT2D eigenvalue weighted by Gasteiger charge is 2.01. The Morgan fingerprint density at radius 2 is 1.94 bits per heavy atom. The fourth-order valence-corrected chi connectivity index (χ4v) is 2.37. The Bertz CT molecular complexity index is 456. The molecule has 2 rings (SSSR count). The van der Waals surface area contributed by atoms with Crippen LogP contribution in [0.2, 0.25) is 0 Å². The summed E-state index contributed by atoms with van der Waals surface area (Å²) >= 11 is 1.64. The van der Waals surface area contributed by atoms with E-state index in [1.807, 2.05) is 24.3 Å². The molecule has 1 heterocycles. The van der Waals surface area contributed by atoms with Crippen molar-refractivity contribution >= 4 is 11.3 Å². The summed E-state index contributed by atoms with van der Waals surface area (Å²) in [6.45, 7) is 2.17. The molecule has 96 valence electrons. The van der Waals surface area contributed by atoms with Crippen LogP contribution in [-0.2, 0) is 13.2 Å². The van der Waals surface area contributed by atoms with Crippen LogP contribution in [0.4, 0.5) is 0 Å². The van der Waals surface area contributed by atoms with Crippen molar-refractivity contribution in [2.45, 2.75) is 13.2 Å². The summed E-state index contributed by atoms with van der Waals surface area (Å²) in [6, 6.07) is 14.2. The first-order chi connectivity index (χ1) is 8.88. The van der Waals surface area contributed by atoms with Crippen molar-refractivity contribution in [3.63, 3.8) is 0 Å². The molecular formula is C14H17NO2S. The first kappa shape index (κ1) is 13.1. The molecule has 0 radical (unpaired) electrons. The Kier molecular flexibility index (Phi) is 5.20. The number of rotatable bonds is 7. The summed E-state index contributed by atoms with van der Waals surface area (Å²) in [7, 11) is 0. The summed E-state index contributed by atoms with van der Waals surface area (Å²) in [5.41, 5.74) is 1.17. The van der Waals surface area contributed by atoms with E-state index in [4.69, 9.17) is 9.84 Å². The maximum atomic E-state index is 8.68. The van der Waals surface area contributed by atoms with Gasteiger partial charge in [0.2, 0.25) is 0 Å². The smallest absolute Gasteiger partial charge is 0.174 e. The summed E-state index contributed by atoms with van der Waals surface area (Å²) in [5, 5.41) is 12.7. The molecule has 0 bridgehead atoms. The fourth-order valence-electron chi connectivity index (χ4n) is 1.55. The zero-order valence-electron chi connectivity index (χ0n) is 10.1. The Labute approximate surface area is 111 Å². The summed E-state index contributed by atoms with van der Waals surface area (Å²) in [4.78, 5) is 1.21. The van der Waals surface area contributed by atoms with Crippen LogP contribution < -0.4 is 10.1 Å². The van der Waals surface area contributed by atoms with E-state index in [1.54, 1.807) is 11.3 Å². The van der Waals surface area contributed by atoms with Gasteiger partial charge in [0.25, 0.3) is 0 Å². The molecule has 0 spiro atoms. The van der Waals surface area contributed by atoms with Crippen LogP contribution in [0.1, 0.15) is 10.4 Å². The van der Waals surface area contributed by atoms with Gasteiger partial charge in [-0.05, 0) is 17.7 Å². The molecule has 0 saturated carbocycles. The van der Waals surface area contributed by atoms with Gasteiger partial charge in [-0.2, -0.15) is 0 Å². The molecule has 0 saturated heterocycles. The maximum absolute atomic E-state index is 8.68. The second kappa shape index (κ2) is 7.16. The van der Waals surface area contributed by atoms with Gasteiger partial charge >= 0.3 is 0 Å². The largest absolute Gasteiger partial charge is 0.479 e. The first-order valence-corrected chi connectivity index (χ1v) is 6.77. The normalized spacial score (nSPS) is 10.5. The number of aliphatic hydroxyl groups excluding tert-OH is 1. The Morgan fingerprint density at radius 1 is 1.11 bits per heavy atom. The van der Waals surface area contributed by atoms with E-state index in [0.29, 0.717) is 13.2 Å². The molecule has 3 nitrogen and oxygen atoms in total. The van der Waals surface area contributed by atoms with Gasteiger partial charge in [0, 0.05) is 18.0 Å². The van der Waals surface area contributed by atoms with E-state index < -0.39 is 0 Å². The summed E-state index contributed by atoms with van der Waals surface area (Å²) in [6.07, 6.45) is 0. The van der Waals surface area contributed by atoms with Crippen LogP contribution in [0.5, 0.6) is 5.06 Å². The highest BCUT2D eigenvalue weighted by atomic mass is 32.1. The van der Waals surface area contributed by atoms with Crippen LogP contribution in [-0.4, -0.2) is 18.3 Å². The molecule has 0 atom stereocenters. The average Bonchev–Trinajstić information content (AvgIpc) is 2.86. The first-order valence-electron chi connectivity index (χ1n) is 5.95. The molecular weight excluding hydrogens is 246 g/mol. The van der Waals surface area contributed by atoms with Gasteiger partial charge in [0.15, 0.2) is 5.06 Å². The summed E-state index contributed by atoms with van der Waals surface area (Å²) in [5.74, 6) is 0. The monoisotopic (exact) mass is 263 g/mol. The van der Waals surface area contributed by atoms with E-state index in [9.17, 15) is 0 Å². The van der Waals surface area contributed by atoms with Crippen molar-refractivity contribution in [3.8, 4) is 5.06 Å². The molecule has 1 aromatic carbocycles. The van der Waals surface area contributed by atoms with Gasteiger partial charge in [-0.3, -0.25) is 0 Å². The van der Waals surface area contributed by atoms with Gasteiger partial charge in [-0.15, -0.1) is 11.3 Å². The molecule has 0 amide bonds. The topological polar surface area (TPSA) is 41.5 Å². The van der Waals surface area contributed by atoms with E-state index >= 15 is 0 Å². The minimum atomic E-state index is 0.169. The second-order valence-corrected chi connectivity index (χ2v) is 5.03. The molecule has 4 heteroatoms. The molecule has 0 aliphatic heterocycles. The predicted molar refractivity (Wildman–Crippen MR) is 73.9 cm³/mol. The van der Waals surface area contributed by atoms with Crippen molar-refractivity contribution in [1.82, 2.24) is 5.32 Å². The zero-order chi connectivity index (χ0) is 12.6. The van der Waals surface area contributed by atoms with E-state index in [1.165, 1.54) is 10.4 Å². The third-order valence-corrected chi connectivity index (χ3v) is 3.45. The van der Waals surface area contributed by atoms with Crippen molar-refractivity contribution in [1.29, 1.82) is 0 Å². The van der Waals surface area contributed by atoms with E-state index in [-0.39, 0.29) is 6.61 Å². The molecule has 2 aromatic rings. The second-order valence-electron chi connectivity index (χ2n) is 3.90. The lowest BCUT2D eigenvalue weighted by atomic mass is 10.2. The van der Waals surface area contributed by atoms with Gasteiger partial charge in [0.1, 0.15) is 6.61 Å². The van der Waals surface area contributed by atoms with E-state index in [2.05, 4.69) is 23.5 Å². The Balaban J connectivity index is 1.80. The standard InChI is InChI=1S/C14H17NO2S/c16-9-8-15-10-13-6-7-14(18-13)17-11-12-4-2-1-3-5-12/h1-7,15-16H,8-11H2. The third-order valence-electron chi connectivity index (χ3n) is 2.45. The van der Waals surface area contributed by atoms with Gasteiger partial charge < -0.3 is 15.2 Å². The molecule has 0 unspecified atom stereocenters. The van der Waals surface area contributed by atoms with Crippen LogP contribution in [0.25, 0.3) is 0 Å². The van der Waals surface area contributed by atoms with Crippen LogP contribution in [0, 0.1) is 0 Å². The molecule has 18 heavy (non-hydrogen) atoms. The lowest BCUT2D eigenvalue weighted by Gasteiger charge is -2.03. The number of hydrogen-bond donors (Lipinski definition) is 2. The fraction of sp³-hybridized carbons (Fsp3) is 0.286. The van der Waals surface area contributed by atoms with Gasteiger partial charge in [-0.25, -0.2) is 0 Å². The average molecular weight is 263 g/mol. The van der Waals surface area contributed by atoms with Crippen molar-refractivity contribution in [3.05, 3.63) is 52.9 Å². The minimum Gasteiger partial charge on any atom is -0.479 e. The number of benzene rings is 1. The van der Waals surface area contributed by atoms with Crippen molar-refractivity contribution < 1.29 is 9.84 Å². The Morgan fingerprint density at radius 3 is 2.72 bits per heavy atom. The SMILES string of the molecule is OCCNCc1ccc(OCc2ccccc2)s1. The summed E-state index contributed by atoms with van der Waals surface area (Å²) < 4.78 is 5.72. The third kappa shape index (κ3) is 4.14. The minimum absolute atomic E-state index is 0.169. The van der Waals surface area contributed by atoms with Crippen molar-refractivity contribution in [2.75, 3.05) is 13.2 Å².